The van der Waals surface area contributed by atoms with E-state index >= 15 is 0 Å². The van der Waals surface area contributed by atoms with Gasteiger partial charge in [0, 0.05) is 64.1 Å². The highest BCUT2D eigenvalue weighted by Gasteiger charge is 2.18. The molecule has 0 spiro atoms. The van der Waals surface area contributed by atoms with E-state index in [1.165, 1.54) is 18.8 Å². The lowest BCUT2D eigenvalue weighted by atomic mass is 10.2. The summed E-state index contributed by atoms with van der Waals surface area (Å²) in [6, 6.07) is 8.37. The first-order valence-electron chi connectivity index (χ1n) is 8.26. The van der Waals surface area contributed by atoms with Crippen molar-refractivity contribution in [2.24, 2.45) is 0 Å². The molecular weight excluding hydrogens is 278 g/mol. The maximum absolute atomic E-state index is 5.40. The SMILES string of the molecule is COc1cccc(N2CCN(CCN3CCOCC3)CC2)c1. The van der Waals surface area contributed by atoms with Crippen molar-refractivity contribution in [2.75, 3.05) is 77.6 Å². The molecule has 5 heteroatoms. The molecular formula is C17H27N3O2. The van der Waals surface area contributed by atoms with Gasteiger partial charge < -0.3 is 14.4 Å². The largest absolute Gasteiger partial charge is 0.497 e. The van der Waals surface area contributed by atoms with Gasteiger partial charge in [-0.1, -0.05) is 6.07 Å². The van der Waals surface area contributed by atoms with Crippen LogP contribution in [-0.2, 0) is 4.74 Å². The molecule has 2 heterocycles. The van der Waals surface area contributed by atoms with Crippen LogP contribution in [0.1, 0.15) is 0 Å². The second-order valence-corrected chi connectivity index (χ2v) is 5.98. The van der Waals surface area contributed by atoms with Gasteiger partial charge in [-0.25, -0.2) is 0 Å². The molecule has 2 fully saturated rings. The Kier molecular flexibility index (Phi) is 5.53. The van der Waals surface area contributed by atoms with Gasteiger partial charge in [-0.05, 0) is 12.1 Å². The third-order valence-corrected chi connectivity index (χ3v) is 4.63. The van der Waals surface area contributed by atoms with Gasteiger partial charge in [0.2, 0.25) is 0 Å². The molecule has 22 heavy (non-hydrogen) atoms. The molecule has 0 aromatic heterocycles. The molecule has 0 unspecified atom stereocenters. The molecule has 2 aliphatic rings. The Balaban J connectivity index is 1.43. The van der Waals surface area contributed by atoms with Gasteiger partial charge in [0.05, 0.1) is 20.3 Å². The van der Waals surface area contributed by atoms with E-state index < -0.39 is 0 Å². The number of piperazine rings is 1. The van der Waals surface area contributed by atoms with Gasteiger partial charge in [-0.2, -0.15) is 0 Å². The zero-order chi connectivity index (χ0) is 15.2. The van der Waals surface area contributed by atoms with Crippen LogP contribution in [0.25, 0.3) is 0 Å². The molecule has 0 atom stereocenters. The van der Waals surface area contributed by atoms with Gasteiger partial charge in [-0.3, -0.25) is 9.80 Å². The van der Waals surface area contributed by atoms with Gasteiger partial charge in [0.1, 0.15) is 5.75 Å². The van der Waals surface area contributed by atoms with E-state index in [1.54, 1.807) is 7.11 Å². The minimum absolute atomic E-state index is 0.892. The maximum atomic E-state index is 5.40. The first kappa shape index (κ1) is 15.6. The fourth-order valence-electron chi connectivity index (χ4n) is 3.14. The van der Waals surface area contributed by atoms with Crippen molar-refractivity contribution >= 4 is 5.69 Å². The first-order chi connectivity index (χ1) is 10.8. The van der Waals surface area contributed by atoms with E-state index in [2.05, 4.69) is 32.9 Å². The molecule has 0 aliphatic carbocycles. The fourth-order valence-corrected chi connectivity index (χ4v) is 3.14. The second-order valence-electron chi connectivity index (χ2n) is 5.98. The predicted octanol–water partition coefficient (Wildman–Crippen LogP) is 1.15. The molecule has 2 aliphatic heterocycles. The molecule has 0 bridgehead atoms. The summed E-state index contributed by atoms with van der Waals surface area (Å²) < 4.78 is 10.7. The third-order valence-electron chi connectivity index (χ3n) is 4.63. The van der Waals surface area contributed by atoms with Crippen molar-refractivity contribution < 1.29 is 9.47 Å². The number of ether oxygens (including phenoxy) is 2. The zero-order valence-corrected chi connectivity index (χ0v) is 13.5. The van der Waals surface area contributed by atoms with Gasteiger partial charge in [-0.15, -0.1) is 0 Å². The summed E-state index contributed by atoms with van der Waals surface area (Å²) in [6.45, 7) is 10.8. The van der Waals surface area contributed by atoms with Crippen LogP contribution in [0.2, 0.25) is 0 Å². The molecule has 3 rings (SSSR count). The predicted molar refractivity (Wildman–Crippen MR) is 88.9 cm³/mol. The quantitative estimate of drug-likeness (QED) is 0.814. The molecule has 1 aromatic rings. The summed E-state index contributed by atoms with van der Waals surface area (Å²) in [5.74, 6) is 0.937. The summed E-state index contributed by atoms with van der Waals surface area (Å²) in [7, 11) is 1.72. The van der Waals surface area contributed by atoms with E-state index in [0.29, 0.717) is 0 Å². The number of anilines is 1. The van der Waals surface area contributed by atoms with Crippen molar-refractivity contribution in [3.05, 3.63) is 24.3 Å². The first-order valence-corrected chi connectivity index (χ1v) is 8.26. The van der Waals surface area contributed by atoms with E-state index in [0.717, 1.165) is 58.2 Å². The van der Waals surface area contributed by atoms with Crippen LogP contribution in [0.4, 0.5) is 5.69 Å². The van der Waals surface area contributed by atoms with Crippen molar-refractivity contribution in [1.29, 1.82) is 0 Å². The molecule has 0 saturated carbocycles. The minimum atomic E-state index is 0.892. The van der Waals surface area contributed by atoms with E-state index in [1.807, 2.05) is 6.07 Å². The number of morpholine rings is 1. The van der Waals surface area contributed by atoms with Crippen LogP contribution >= 0.6 is 0 Å². The average molecular weight is 305 g/mol. The van der Waals surface area contributed by atoms with Crippen molar-refractivity contribution in [2.45, 2.75) is 0 Å². The number of hydrogen-bond acceptors (Lipinski definition) is 5. The standard InChI is InChI=1S/C17H27N3O2/c1-21-17-4-2-3-16(15-17)20-9-7-18(8-10-20)5-6-19-11-13-22-14-12-19/h2-4,15H,5-14H2,1H3. The number of benzene rings is 1. The van der Waals surface area contributed by atoms with Crippen LogP contribution in [0.5, 0.6) is 5.75 Å². The summed E-state index contributed by atoms with van der Waals surface area (Å²) in [5, 5.41) is 0. The Labute approximate surface area is 133 Å². The zero-order valence-electron chi connectivity index (χ0n) is 13.5. The lowest BCUT2D eigenvalue weighted by Gasteiger charge is -2.37. The summed E-state index contributed by atoms with van der Waals surface area (Å²) >= 11 is 0. The Morgan fingerprint density at radius 1 is 0.955 bits per heavy atom. The van der Waals surface area contributed by atoms with Crippen molar-refractivity contribution in [1.82, 2.24) is 9.80 Å². The van der Waals surface area contributed by atoms with Gasteiger partial charge in [0.15, 0.2) is 0 Å². The highest BCUT2D eigenvalue weighted by molar-refractivity contribution is 5.51. The number of hydrogen-bond donors (Lipinski definition) is 0. The van der Waals surface area contributed by atoms with Crippen molar-refractivity contribution in [3.8, 4) is 5.75 Å². The summed E-state index contributed by atoms with van der Waals surface area (Å²) in [5.41, 5.74) is 1.27. The molecule has 1 aromatic carbocycles. The maximum Gasteiger partial charge on any atom is 0.120 e. The van der Waals surface area contributed by atoms with Crippen LogP contribution in [0.15, 0.2) is 24.3 Å². The second kappa shape index (κ2) is 7.81. The molecule has 0 amide bonds. The highest BCUT2D eigenvalue weighted by atomic mass is 16.5. The Morgan fingerprint density at radius 2 is 1.64 bits per heavy atom. The van der Waals surface area contributed by atoms with Crippen LogP contribution in [0, 0.1) is 0 Å². The smallest absolute Gasteiger partial charge is 0.120 e. The lowest BCUT2D eigenvalue weighted by Crippen LogP contribution is -2.49. The van der Waals surface area contributed by atoms with Crippen molar-refractivity contribution in [3.63, 3.8) is 0 Å². The molecule has 5 nitrogen and oxygen atoms in total. The molecule has 0 radical (unpaired) electrons. The Morgan fingerprint density at radius 3 is 2.32 bits per heavy atom. The number of nitrogens with zero attached hydrogens (tertiary/aromatic N) is 3. The summed E-state index contributed by atoms with van der Waals surface area (Å²) in [4.78, 5) is 7.54. The normalized spacial score (nSPS) is 21.0. The molecule has 2 saturated heterocycles. The van der Waals surface area contributed by atoms with Crippen LogP contribution < -0.4 is 9.64 Å². The van der Waals surface area contributed by atoms with Gasteiger partial charge >= 0.3 is 0 Å². The Hall–Kier alpha value is -1.30. The van der Waals surface area contributed by atoms with Crippen LogP contribution in [-0.4, -0.2) is 82.5 Å². The minimum Gasteiger partial charge on any atom is -0.497 e. The molecule has 122 valence electrons. The van der Waals surface area contributed by atoms with Gasteiger partial charge in [0.25, 0.3) is 0 Å². The van der Waals surface area contributed by atoms with E-state index in [4.69, 9.17) is 9.47 Å². The molecule has 0 N–H and O–H groups in total. The fraction of sp³-hybridized carbons (Fsp3) is 0.647. The monoisotopic (exact) mass is 305 g/mol. The lowest BCUT2D eigenvalue weighted by molar-refractivity contribution is 0.0331. The average Bonchev–Trinajstić information content (AvgIpc) is 2.61. The topological polar surface area (TPSA) is 28.2 Å². The third kappa shape index (κ3) is 4.12. The van der Waals surface area contributed by atoms with E-state index in [9.17, 15) is 0 Å². The van der Waals surface area contributed by atoms with E-state index in [-0.39, 0.29) is 0 Å². The number of rotatable bonds is 5. The number of methoxy groups -OCH3 is 1. The van der Waals surface area contributed by atoms with Crippen LogP contribution in [0.3, 0.4) is 0 Å². The highest BCUT2D eigenvalue weighted by Crippen LogP contribution is 2.22. The Bertz CT molecular complexity index is 455. The summed E-state index contributed by atoms with van der Waals surface area (Å²) in [6.07, 6.45) is 0.